The predicted molar refractivity (Wildman–Crippen MR) is 56.1 cm³/mol. The number of hydrogen-bond acceptors (Lipinski definition) is 6. The molecule has 0 aromatic carbocycles. The number of rotatable bonds is 3. The minimum Gasteiger partial charge on any atom is -0.545 e. The number of nitrogens with zero attached hydrogens (tertiary/aromatic N) is 2. The van der Waals surface area contributed by atoms with Gasteiger partial charge in [0.15, 0.2) is 0 Å². The van der Waals surface area contributed by atoms with E-state index >= 15 is 0 Å². The topological polar surface area (TPSA) is 106 Å². The van der Waals surface area contributed by atoms with Crippen LogP contribution < -0.4 is 10.2 Å². The van der Waals surface area contributed by atoms with E-state index in [9.17, 15) is 19.8 Å². The molecule has 0 amide bonds. The van der Waals surface area contributed by atoms with Crippen LogP contribution in [0.5, 0.6) is 0 Å². The van der Waals surface area contributed by atoms with Crippen molar-refractivity contribution in [1.29, 1.82) is 0 Å². The Kier molecular flexibility index (Phi) is 3.01. The van der Waals surface area contributed by atoms with Crippen molar-refractivity contribution >= 4 is 11.9 Å². The van der Waals surface area contributed by atoms with Crippen molar-refractivity contribution in [2.75, 3.05) is 0 Å². The number of aromatic nitrogens is 2. The minimum atomic E-state index is -1.45. The summed E-state index contributed by atoms with van der Waals surface area (Å²) in [6.45, 7) is 0. The van der Waals surface area contributed by atoms with Crippen molar-refractivity contribution in [3.63, 3.8) is 0 Å². The van der Waals surface area contributed by atoms with E-state index in [0.29, 0.717) is 0 Å². The van der Waals surface area contributed by atoms with Gasteiger partial charge in [-0.1, -0.05) is 0 Å². The first-order chi connectivity index (χ1) is 8.61. The molecule has 0 radical (unpaired) electrons. The maximum atomic E-state index is 10.9. The molecule has 0 saturated carbocycles. The summed E-state index contributed by atoms with van der Waals surface area (Å²) in [5.74, 6) is -2.90. The zero-order valence-electron chi connectivity index (χ0n) is 8.99. The van der Waals surface area contributed by atoms with Crippen LogP contribution in [-0.2, 0) is 0 Å². The molecule has 18 heavy (non-hydrogen) atoms. The van der Waals surface area contributed by atoms with Gasteiger partial charge < -0.3 is 19.8 Å². The van der Waals surface area contributed by atoms with Crippen LogP contribution in [0.15, 0.2) is 36.7 Å². The fourth-order valence-electron chi connectivity index (χ4n) is 1.52. The van der Waals surface area contributed by atoms with Crippen LogP contribution in [-0.4, -0.2) is 21.9 Å². The van der Waals surface area contributed by atoms with E-state index in [1.54, 1.807) is 0 Å². The van der Waals surface area contributed by atoms with Crippen LogP contribution in [0.3, 0.4) is 0 Å². The smallest absolute Gasteiger partial charge is 0.0983 e. The van der Waals surface area contributed by atoms with Crippen LogP contribution in [0, 0.1) is 0 Å². The molecule has 0 aliphatic heterocycles. The van der Waals surface area contributed by atoms with Gasteiger partial charge in [-0.15, -0.1) is 0 Å². The van der Waals surface area contributed by atoms with Crippen LogP contribution >= 0.6 is 0 Å². The van der Waals surface area contributed by atoms with Gasteiger partial charge in [0.2, 0.25) is 0 Å². The highest BCUT2D eigenvalue weighted by Crippen LogP contribution is 2.21. The fourth-order valence-corrected chi connectivity index (χ4v) is 1.52. The van der Waals surface area contributed by atoms with E-state index in [1.807, 2.05) is 0 Å². The van der Waals surface area contributed by atoms with Gasteiger partial charge in [-0.3, -0.25) is 9.97 Å². The molecule has 0 N–H and O–H groups in total. The first kappa shape index (κ1) is 11.7. The van der Waals surface area contributed by atoms with Crippen LogP contribution in [0.25, 0.3) is 11.4 Å². The second-order valence-electron chi connectivity index (χ2n) is 3.37. The molecule has 0 saturated heterocycles. The summed E-state index contributed by atoms with van der Waals surface area (Å²) in [5, 5.41) is 21.9. The Morgan fingerprint density at radius 1 is 0.833 bits per heavy atom. The maximum Gasteiger partial charge on any atom is 0.0983 e. The molecule has 2 rings (SSSR count). The van der Waals surface area contributed by atoms with E-state index in [2.05, 4.69) is 9.97 Å². The van der Waals surface area contributed by atoms with Gasteiger partial charge in [0.05, 0.1) is 23.3 Å². The molecular formula is C12H6N2O4-2. The lowest BCUT2D eigenvalue weighted by atomic mass is 10.1. The average Bonchev–Trinajstić information content (AvgIpc) is 2.38. The fraction of sp³-hybridized carbons (Fsp3) is 0. The van der Waals surface area contributed by atoms with Crippen LogP contribution in [0.1, 0.15) is 20.7 Å². The van der Waals surface area contributed by atoms with Gasteiger partial charge in [0.25, 0.3) is 0 Å². The molecule has 6 nitrogen and oxygen atoms in total. The maximum absolute atomic E-state index is 10.9. The third kappa shape index (κ3) is 2.03. The first-order valence-corrected chi connectivity index (χ1v) is 4.94. The molecule has 2 heterocycles. The summed E-state index contributed by atoms with van der Waals surface area (Å²) in [6.07, 6.45) is 2.69. The highest BCUT2D eigenvalue weighted by Gasteiger charge is 2.13. The summed E-state index contributed by atoms with van der Waals surface area (Å²) in [7, 11) is 0. The summed E-state index contributed by atoms with van der Waals surface area (Å²) >= 11 is 0. The van der Waals surface area contributed by atoms with Gasteiger partial charge >= 0.3 is 0 Å². The lowest BCUT2D eigenvalue weighted by Gasteiger charge is -2.12. The van der Waals surface area contributed by atoms with Gasteiger partial charge in [0, 0.05) is 23.5 Å². The molecule has 0 bridgehead atoms. The lowest BCUT2D eigenvalue weighted by Crippen LogP contribution is -2.26. The van der Waals surface area contributed by atoms with Crippen molar-refractivity contribution in [1.82, 2.24) is 9.97 Å². The number of aromatic carboxylic acids is 2. The van der Waals surface area contributed by atoms with E-state index in [-0.39, 0.29) is 22.5 Å². The molecule has 0 atom stereocenters. The van der Waals surface area contributed by atoms with E-state index in [1.165, 1.54) is 36.7 Å². The third-order valence-corrected chi connectivity index (χ3v) is 2.28. The second kappa shape index (κ2) is 4.62. The zero-order chi connectivity index (χ0) is 13.1. The predicted octanol–water partition coefficient (Wildman–Crippen LogP) is -1.13. The Bertz CT molecular complexity index is 569. The number of carboxylic acids is 2. The monoisotopic (exact) mass is 242 g/mol. The Hall–Kier alpha value is -2.76. The second-order valence-corrected chi connectivity index (χ2v) is 3.37. The highest BCUT2D eigenvalue weighted by atomic mass is 16.4. The van der Waals surface area contributed by atoms with Crippen molar-refractivity contribution in [2.24, 2.45) is 0 Å². The summed E-state index contributed by atoms with van der Waals surface area (Å²) < 4.78 is 0. The van der Waals surface area contributed by atoms with Crippen molar-refractivity contribution in [3.8, 4) is 11.4 Å². The van der Waals surface area contributed by atoms with Crippen LogP contribution in [0.4, 0.5) is 0 Å². The van der Waals surface area contributed by atoms with Crippen LogP contribution in [0.2, 0.25) is 0 Å². The zero-order valence-corrected chi connectivity index (χ0v) is 8.99. The van der Waals surface area contributed by atoms with E-state index in [4.69, 9.17) is 0 Å². The summed E-state index contributed by atoms with van der Waals surface area (Å²) in [6, 6.07) is 5.36. The normalized spacial score (nSPS) is 10.0. The van der Waals surface area contributed by atoms with Gasteiger partial charge in [-0.2, -0.15) is 0 Å². The molecule has 0 aliphatic carbocycles. The number of carboxylic acid groups (broad SMARTS) is 2. The van der Waals surface area contributed by atoms with E-state index in [0.717, 1.165) is 0 Å². The van der Waals surface area contributed by atoms with Crippen molar-refractivity contribution < 1.29 is 19.8 Å². The number of hydrogen-bond donors (Lipinski definition) is 0. The minimum absolute atomic E-state index is 0.0581. The van der Waals surface area contributed by atoms with Crippen molar-refractivity contribution in [2.45, 2.75) is 0 Å². The Morgan fingerprint density at radius 2 is 1.22 bits per heavy atom. The van der Waals surface area contributed by atoms with Gasteiger partial charge in [-0.25, -0.2) is 0 Å². The molecule has 0 aliphatic rings. The summed E-state index contributed by atoms with van der Waals surface area (Å²) in [5.41, 5.74) is -0.563. The third-order valence-electron chi connectivity index (χ3n) is 2.28. The average molecular weight is 242 g/mol. The van der Waals surface area contributed by atoms with Gasteiger partial charge in [0.1, 0.15) is 0 Å². The molecule has 90 valence electrons. The number of carbonyl (C=O) groups excluding carboxylic acids is 2. The Balaban J connectivity index is 2.70. The first-order valence-electron chi connectivity index (χ1n) is 4.94. The molecule has 0 fully saturated rings. The van der Waals surface area contributed by atoms with Crippen molar-refractivity contribution in [3.05, 3.63) is 47.8 Å². The highest BCUT2D eigenvalue weighted by molar-refractivity contribution is 5.98. The molecule has 6 heteroatoms. The summed E-state index contributed by atoms with van der Waals surface area (Å²) in [4.78, 5) is 29.5. The Morgan fingerprint density at radius 3 is 1.56 bits per heavy atom. The molecule has 0 unspecified atom stereocenters. The lowest BCUT2D eigenvalue weighted by molar-refractivity contribution is -0.256. The largest absolute Gasteiger partial charge is 0.545 e. The Labute approximate surface area is 102 Å². The van der Waals surface area contributed by atoms with Gasteiger partial charge in [-0.05, 0) is 24.3 Å². The molecule has 2 aromatic heterocycles. The molecular weight excluding hydrogens is 236 g/mol. The van der Waals surface area contributed by atoms with E-state index < -0.39 is 11.9 Å². The number of pyridine rings is 2. The SMILES string of the molecule is O=C([O-])c1cccnc1-c1ncccc1C(=O)[O-]. The molecule has 0 spiro atoms. The number of carbonyl (C=O) groups is 2. The quantitative estimate of drug-likeness (QED) is 0.674. The standard InChI is InChI=1S/C12H8N2O4/c15-11(16)7-3-1-5-13-9(7)10-8(12(17)18)4-2-6-14-10/h1-6H,(H,15,16)(H,17,18)/p-2. The molecule has 2 aromatic rings.